The van der Waals surface area contributed by atoms with Crippen LogP contribution in [0, 0.1) is 6.92 Å². The van der Waals surface area contributed by atoms with Gasteiger partial charge in [-0.2, -0.15) is 0 Å². The third kappa shape index (κ3) is 2.17. The Morgan fingerprint density at radius 3 is 2.71 bits per heavy atom. The van der Waals surface area contributed by atoms with Gasteiger partial charge in [0.25, 0.3) is 0 Å². The number of aromatic nitrogens is 1. The summed E-state index contributed by atoms with van der Waals surface area (Å²) in [7, 11) is 3.04. The van der Waals surface area contributed by atoms with Crippen LogP contribution in [0.1, 0.15) is 21.6 Å². The second kappa shape index (κ2) is 4.59. The monoisotopic (exact) mass is 233 g/mol. The molecular formula is C13H15NO3. The van der Waals surface area contributed by atoms with Crippen LogP contribution in [0.5, 0.6) is 0 Å². The Balaban J connectivity index is 2.51. The minimum Gasteiger partial charge on any atom is -0.465 e. The van der Waals surface area contributed by atoms with Gasteiger partial charge in [-0.05, 0) is 30.7 Å². The molecule has 1 aromatic heterocycles. The number of aryl methyl sites for hydroxylation is 1. The van der Waals surface area contributed by atoms with E-state index in [0.29, 0.717) is 12.2 Å². The van der Waals surface area contributed by atoms with Gasteiger partial charge in [-0.25, -0.2) is 4.79 Å². The zero-order chi connectivity index (χ0) is 12.4. The van der Waals surface area contributed by atoms with E-state index in [2.05, 4.69) is 4.98 Å². The van der Waals surface area contributed by atoms with Crippen LogP contribution >= 0.6 is 0 Å². The van der Waals surface area contributed by atoms with E-state index in [-0.39, 0.29) is 5.97 Å². The molecule has 0 atom stereocenters. The predicted molar refractivity (Wildman–Crippen MR) is 65.1 cm³/mol. The molecule has 0 amide bonds. The Bertz CT molecular complexity index is 557. The van der Waals surface area contributed by atoms with Gasteiger partial charge in [0.2, 0.25) is 0 Å². The summed E-state index contributed by atoms with van der Waals surface area (Å²) in [6.07, 6.45) is 0. The average Bonchev–Trinajstić information content (AvgIpc) is 2.69. The maximum absolute atomic E-state index is 11.5. The highest BCUT2D eigenvalue weighted by molar-refractivity contribution is 5.96. The summed E-state index contributed by atoms with van der Waals surface area (Å²) in [5.41, 5.74) is 3.41. The molecule has 4 heteroatoms. The summed E-state index contributed by atoms with van der Waals surface area (Å²) in [5.74, 6) is -0.313. The highest BCUT2D eigenvalue weighted by atomic mass is 16.5. The van der Waals surface area contributed by atoms with Crippen molar-refractivity contribution in [3.63, 3.8) is 0 Å². The number of nitrogens with one attached hydrogen (secondary N) is 1. The van der Waals surface area contributed by atoms with E-state index in [1.807, 2.05) is 25.1 Å². The van der Waals surface area contributed by atoms with Gasteiger partial charge in [0, 0.05) is 23.7 Å². The predicted octanol–water partition coefficient (Wildman–Crippen LogP) is 2.41. The normalized spacial score (nSPS) is 10.8. The molecule has 0 spiro atoms. The van der Waals surface area contributed by atoms with Crippen LogP contribution in [-0.4, -0.2) is 25.2 Å². The number of rotatable bonds is 3. The van der Waals surface area contributed by atoms with Crippen molar-refractivity contribution >= 4 is 16.9 Å². The second-order valence-corrected chi connectivity index (χ2v) is 3.97. The average molecular weight is 233 g/mol. The molecule has 4 nitrogen and oxygen atoms in total. The van der Waals surface area contributed by atoms with E-state index >= 15 is 0 Å². The molecule has 0 aliphatic rings. The van der Waals surface area contributed by atoms with E-state index in [0.717, 1.165) is 22.2 Å². The number of hydrogen-bond acceptors (Lipinski definition) is 3. The number of fused-ring (bicyclic) bond motifs is 1. The van der Waals surface area contributed by atoms with Crippen molar-refractivity contribution in [2.75, 3.05) is 14.2 Å². The molecule has 2 aromatic rings. The smallest absolute Gasteiger partial charge is 0.338 e. The standard InChI is InChI=1S/C13H15NO3/c1-8-4-9-5-10(7-16-2)14-12(9)6-11(8)13(15)17-3/h4-6,14H,7H2,1-3H3. The third-order valence-corrected chi connectivity index (χ3v) is 2.73. The maximum Gasteiger partial charge on any atom is 0.338 e. The number of ether oxygens (including phenoxy) is 2. The topological polar surface area (TPSA) is 51.3 Å². The molecule has 0 aliphatic heterocycles. The van der Waals surface area contributed by atoms with Crippen LogP contribution in [0.2, 0.25) is 0 Å². The lowest BCUT2D eigenvalue weighted by atomic mass is 10.1. The number of esters is 1. The number of aromatic amines is 1. The number of methoxy groups -OCH3 is 2. The van der Waals surface area contributed by atoms with Crippen LogP contribution in [0.15, 0.2) is 18.2 Å². The first-order valence-corrected chi connectivity index (χ1v) is 5.35. The van der Waals surface area contributed by atoms with E-state index in [1.165, 1.54) is 7.11 Å². The summed E-state index contributed by atoms with van der Waals surface area (Å²) in [5, 5.41) is 1.07. The summed E-state index contributed by atoms with van der Waals surface area (Å²) >= 11 is 0. The van der Waals surface area contributed by atoms with Crippen LogP contribution < -0.4 is 0 Å². The van der Waals surface area contributed by atoms with Crippen molar-refractivity contribution in [2.45, 2.75) is 13.5 Å². The lowest BCUT2D eigenvalue weighted by Crippen LogP contribution is -2.03. The number of hydrogen-bond donors (Lipinski definition) is 1. The highest BCUT2D eigenvalue weighted by Gasteiger charge is 2.11. The molecule has 0 aliphatic carbocycles. The van der Waals surface area contributed by atoms with Crippen molar-refractivity contribution in [1.29, 1.82) is 0 Å². The summed E-state index contributed by atoms with van der Waals surface area (Å²) in [4.78, 5) is 14.8. The largest absolute Gasteiger partial charge is 0.465 e. The molecule has 1 aromatic carbocycles. The number of carbonyl (C=O) groups excluding carboxylic acids is 1. The number of carbonyl (C=O) groups is 1. The van der Waals surface area contributed by atoms with Crippen molar-refractivity contribution in [2.24, 2.45) is 0 Å². The first-order valence-electron chi connectivity index (χ1n) is 5.35. The molecule has 17 heavy (non-hydrogen) atoms. The second-order valence-electron chi connectivity index (χ2n) is 3.97. The van der Waals surface area contributed by atoms with Crippen molar-refractivity contribution in [3.8, 4) is 0 Å². The van der Waals surface area contributed by atoms with E-state index in [1.54, 1.807) is 7.11 Å². The Morgan fingerprint density at radius 2 is 2.06 bits per heavy atom. The Hall–Kier alpha value is -1.81. The molecule has 0 bridgehead atoms. The molecular weight excluding hydrogens is 218 g/mol. The first kappa shape index (κ1) is 11.7. The molecule has 0 radical (unpaired) electrons. The van der Waals surface area contributed by atoms with Crippen molar-refractivity contribution < 1.29 is 14.3 Å². The van der Waals surface area contributed by atoms with Gasteiger partial charge in [0.05, 0.1) is 19.3 Å². The minimum absolute atomic E-state index is 0.313. The van der Waals surface area contributed by atoms with Crippen LogP contribution in [0.3, 0.4) is 0 Å². The van der Waals surface area contributed by atoms with Gasteiger partial charge in [0.1, 0.15) is 0 Å². The molecule has 0 saturated heterocycles. The fourth-order valence-corrected chi connectivity index (χ4v) is 1.92. The Morgan fingerprint density at radius 1 is 1.29 bits per heavy atom. The molecule has 0 unspecified atom stereocenters. The van der Waals surface area contributed by atoms with Crippen LogP contribution in [0.25, 0.3) is 10.9 Å². The summed E-state index contributed by atoms with van der Waals surface area (Å²) in [6, 6.07) is 5.81. The molecule has 1 heterocycles. The van der Waals surface area contributed by atoms with E-state index in [4.69, 9.17) is 9.47 Å². The number of H-pyrrole nitrogens is 1. The zero-order valence-electron chi connectivity index (χ0n) is 10.2. The highest BCUT2D eigenvalue weighted by Crippen LogP contribution is 2.21. The van der Waals surface area contributed by atoms with E-state index in [9.17, 15) is 4.79 Å². The fraction of sp³-hybridized carbons (Fsp3) is 0.308. The summed E-state index contributed by atoms with van der Waals surface area (Å²) in [6.45, 7) is 2.43. The Kier molecular flexibility index (Phi) is 3.15. The molecule has 2 rings (SSSR count). The molecule has 1 N–H and O–H groups in total. The molecule has 0 fully saturated rings. The number of benzene rings is 1. The van der Waals surface area contributed by atoms with Crippen molar-refractivity contribution in [3.05, 3.63) is 35.0 Å². The lowest BCUT2D eigenvalue weighted by molar-refractivity contribution is 0.0600. The minimum atomic E-state index is -0.313. The maximum atomic E-state index is 11.5. The summed E-state index contributed by atoms with van der Waals surface area (Å²) < 4.78 is 9.81. The van der Waals surface area contributed by atoms with Crippen LogP contribution in [-0.2, 0) is 16.1 Å². The third-order valence-electron chi connectivity index (χ3n) is 2.73. The Labute approximate surface area is 99.5 Å². The zero-order valence-corrected chi connectivity index (χ0v) is 10.2. The van der Waals surface area contributed by atoms with Gasteiger partial charge in [-0.3, -0.25) is 0 Å². The van der Waals surface area contributed by atoms with Crippen LogP contribution in [0.4, 0.5) is 0 Å². The van der Waals surface area contributed by atoms with Gasteiger partial charge < -0.3 is 14.5 Å². The molecule has 0 saturated carbocycles. The first-order chi connectivity index (χ1) is 8.15. The van der Waals surface area contributed by atoms with Gasteiger partial charge >= 0.3 is 5.97 Å². The van der Waals surface area contributed by atoms with Crippen molar-refractivity contribution in [1.82, 2.24) is 4.98 Å². The quantitative estimate of drug-likeness (QED) is 0.828. The fourth-order valence-electron chi connectivity index (χ4n) is 1.92. The SMILES string of the molecule is COCc1cc2cc(C)c(C(=O)OC)cc2[nH]1. The lowest BCUT2D eigenvalue weighted by Gasteiger charge is -2.03. The molecule has 90 valence electrons. The van der Waals surface area contributed by atoms with Gasteiger partial charge in [-0.15, -0.1) is 0 Å². The van der Waals surface area contributed by atoms with Gasteiger partial charge in [0.15, 0.2) is 0 Å². The van der Waals surface area contributed by atoms with Gasteiger partial charge in [-0.1, -0.05) is 0 Å². The van der Waals surface area contributed by atoms with E-state index < -0.39 is 0 Å².